The van der Waals surface area contributed by atoms with E-state index < -0.39 is 6.10 Å². The summed E-state index contributed by atoms with van der Waals surface area (Å²) in [7, 11) is 1.82. The van der Waals surface area contributed by atoms with Crippen LogP contribution in [0.15, 0.2) is 30.6 Å². The molecule has 0 aliphatic rings. The Labute approximate surface area is 103 Å². The summed E-state index contributed by atoms with van der Waals surface area (Å²) in [5.41, 5.74) is 0.670. The minimum Gasteiger partial charge on any atom is -0.380 e. The first-order valence-corrected chi connectivity index (χ1v) is 5.45. The molecule has 0 aliphatic heterocycles. The van der Waals surface area contributed by atoms with Crippen LogP contribution < -0.4 is 0 Å². The normalized spacial score (nSPS) is 12.8. The first kappa shape index (κ1) is 11.5. The highest BCUT2D eigenvalue weighted by molar-refractivity contribution is 6.42. The van der Waals surface area contributed by atoms with Crippen molar-refractivity contribution in [2.45, 2.75) is 6.10 Å². The molecular formula is C11H10Cl2N2O. The van der Waals surface area contributed by atoms with Crippen molar-refractivity contribution in [3.8, 4) is 0 Å². The van der Waals surface area contributed by atoms with Gasteiger partial charge in [-0.15, -0.1) is 0 Å². The number of halogens is 2. The fourth-order valence-corrected chi connectivity index (χ4v) is 1.78. The zero-order valence-electron chi connectivity index (χ0n) is 8.56. The molecule has 0 bridgehead atoms. The number of aliphatic hydroxyl groups excluding tert-OH is 1. The van der Waals surface area contributed by atoms with Crippen molar-refractivity contribution in [1.29, 1.82) is 0 Å². The Balaban J connectivity index is 2.38. The Morgan fingerprint density at radius 2 is 2.06 bits per heavy atom. The highest BCUT2D eigenvalue weighted by Crippen LogP contribution is 2.27. The van der Waals surface area contributed by atoms with Gasteiger partial charge < -0.3 is 9.67 Å². The summed E-state index contributed by atoms with van der Waals surface area (Å²) in [4.78, 5) is 4.08. The summed E-state index contributed by atoms with van der Waals surface area (Å²) in [6, 6.07) is 5.03. The lowest BCUT2D eigenvalue weighted by Crippen LogP contribution is -2.06. The lowest BCUT2D eigenvalue weighted by molar-refractivity contribution is 0.206. The molecule has 0 saturated heterocycles. The number of hydrogen-bond acceptors (Lipinski definition) is 2. The molecule has 0 fully saturated rings. The van der Waals surface area contributed by atoms with Crippen molar-refractivity contribution in [2.24, 2.45) is 7.05 Å². The molecule has 1 heterocycles. The number of benzene rings is 1. The maximum Gasteiger partial charge on any atom is 0.142 e. The second-order valence-corrected chi connectivity index (χ2v) is 4.29. The highest BCUT2D eigenvalue weighted by Gasteiger charge is 2.15. The monoisotopic (exact) mass is 256 g/mol. The predicted octanol–water partition coefficient (Wildman–Crippen LogP) is 2.81. The van der Waals surface area contributed by atoms with E-state index in [1.165, 1.54) is 0 Å². The highest BCUT2D eigenvalue weighted by atomic mass is 35.5. The topological polar surface area (TPSA) is 38.0 Å². The molecule has 1 aromatic carbocycles. The van der Waals surface area contributed by atoms with Crippen LogP contribution in [0.4, 0.5) is 0 Å². The molecule has 16 heavy (non-hydrogen) atoms. The summed E-state index contributed by atoms with van der Waals surface area (Å²) in [6.07, 6.45) is 2.61. The van der Waals surface area contributed by atoms with Crippen LogP contribution in [0.3, 0.4) is 0 Å². The second kappa shape index (κ2) is 4.45. The van der Waals surface area contributed by atoms with Gasteiger partial charge in [0.15, 0.2) is 0 Å². The van der Waals surface area contributed by atoms with E-state index >= 15 is 0 Å². The molecular weight excluding hydrogens is 247 g/mol. The van der Waals surface area contributed by atoms with Crippen LogP contribution in [0.25, 0.3) is 0 Å². The summed E-state index contributed by atoms with van der Waals surface area (Å²) >= 11 is 11.7. The third-order valence-corrected chi connectivity index (χ3v) is 3.10. The third kappa shape index (κ3) is 2.07. The van der Waals surface area contributed by atoms with E-state index in [0.29, 0.717) is 21.4 Å². The quantitative estimate of drug-likeness (QED) is 0.898. The van der Waals surface area contributed by atoms with E-state index in [2.05, 4.69) is 4.98 Å². The fraction of sp³-hybridized carbons (Fsp3) is 0.182. The van der Waals surface area contributed by atoms with Crippen LogP contribution in [0, 0.1) is 0 Å². The summed E-state index contributed by atoms with van der Waals surface area (Å²) in [6.45, 7) is 0. The van der Waals surface area contributed by atoms with Gasteiger partial charge in [-0.3, -0.25) is 0 Å². The van der Waals surface area contributed by atoms with Gasteiger partial charge in [-0.05, 0) is 17.7 Å². The van der Waals surface area contributed by atoms with Crippen molar-refractivity contribution < 1.29 is 5.11 Å². The van der Waals surface area contributed by atoms with Crippen molar-refractivity contribution in [3.05, 3.63) is 52.0 Å². The molecule has 2 rings (SSSR count). The molecule has 0 spiro atoms. The first-order chi connectivity index (χ1) is 7.59. The van der Waals surface area contributed by atoms with Crippen LogP contribution in [-0.4, -0.2) is 14.7 Å². The minimum absolute atomic E-state index is 0.424. The molecule has 0 amide bonds. The van der Waals surface area contributed by atoms with Crippen LogP contribution in [0.1, 0.15) is 17.5 Å². The molecule has 0 saturated carbocycles. The number of rotatable bonds is 2. The number of aromatic nitrogens is 2. The van der Waals surface area contributed by atoms with Gasteiger partial charge in [0, 0.05) is 19.4 Å². The maximum absolute atomic E-state index is 10.1. The Bertz CT molecular complexity index is 510. The SMILES string of the molecule is Cn1ccnc1C(O)c1ccc(Cl)c(Cl)c1. The lowest BCUT2D eigenvalue weighted by Gasteiger charge is -2.11. The van der Waals surface area contributed by atoms with E-state index in [1.54, 1.807) is 35.2 Å². The largest absolute Gasteiger partial charge is 0.380 e. The van der Waals surface area contributed by atoms with Gasteiger partial charge in [-0.25, -0.2) is 4.98 Å². The molecule has 84 valence electrons. The molecule has 1 atom stereocenters. The van der Waals surface area contributed by atoms with E-state index in [9.17, 15) is 5.11 Å². The Hall–Kier alpha value is -1.03. The van der Waals surface area contributed by atoms with E-state index in [4.69, 9.17) is 23.2 Å². The van der Waals surface area contributed by atoms with Crippen molar-refractivity contribution in [3.63, 3.8) is 0 Å². The Morgan fingerprint density at radius 1 is 1.31 bits per heavy atom. The van der Waals surface area contributed by atoms with E-state index in [0.717, 1.165) is 0 Å². The smallest absolute Gasteiger partial charge is 0.142 e. The van der Waals surface area contributed by atoms with Crippen LogP contribution in [0.2, 0.25) is 10.0 Å². The average molecular weight is 257 g/mol. The van der Waals surface area contributed by atoms with Crippen molar-refractivity contribution in [1.82, 2.24) is 9.55 Å². The summed E-state index contributed by atoms with van der Waals surface area (Å²) in [5, 5.41) is 11.0. The fourth-order valence-electron chi connectivity index (χ4n) is 1.47. The van der Waals surface area contributed by atoms with Gasteiger partial charge in [0.1, 0.15) is 11.9 Å². The van der Waals surface area contributed by atoms with Crippen LogP contribution in [0.5, 0.6) is 0 Å². The maximum atomic E-state index is 10.1. The predicted molar refractivity (Wildman–Crippen MR) is 63.7 cm³/mol. The zero-order chi connectivity index (χ0) is 11.7. The number of aryl methyl sites for hydroxylation is 1. The first-order valence-electron chi connectivity index (χ1n) is 4.70. The van der Waals surface area contributed by atoms with Gasteiger partial charge >= 0.3 is 0 Å². The summed E-state index contributed by atoms with van der Waals surface area (Å²) < 4.78 is 1.76. The van der Waals surface area contributed by atoms with Crippen molar-refractivity contribution >= 4 is 23.2 Å². The second-order valence-electron chi connectivity index (χ2n) is 3.47. The zero-order valence-corrected chi connectivity index (χ0v) is 10.1. The number of hydrogen-bond donors (Lipinski definition) is 1. The van der Waals surface area contributed by atoms with Crippen molar-refractivity contribution in [2.75, 3.05) is 0 Å². The molecule has 0 aliphatic carbocycles. The molecule has 2 aromatic rings. The Kier molecular flexibility index (Phi) is 3.19. The third-order valence-electron chi connectivity index (χ3n) is 2.36. The number of imidazole rings is 1. The van der Waals surface area contributed by atoms with Crippen LogP contribution in [-0.2, 0) is 7.05 Å². The number of aliphatic hydroxyl groups is 1. The van der Waals surface area contributed by atoms with Gasteiger partial charge in [0.05, 0.1) is 10.0 Å². The van der Waals surface area contributed by atoms with Gasteiger partial charge in [0.25, 0.3) is 0 Å². The molecule has 5 heteroatoms. The van der Waals surface area contributed by atoms with Crippen LogP contribution >= 0.6 is 23.2 Å². The van der Waals surface area contributed by atoms with E-state index in [-0.39, 0.29) is 0 Å². The Morgan fingerprint density at radius 3 is 2.62 bits per heavy atom. The molecule has 1 unspecified atom stereocenters. The van der Waals surface area contributed by atoms with Gasteiger partial charge in [-0.1, -0.05) is 29.3 Å². The minimum atomic E-state index is -0.797. The lowest BCUT2D eigenvalue weighted by atomic mass is 10.1. The number of nitrogens with zero attached hydrogens (tertiary/aromatic N) is 2. The average Bonchev–Trinajstić information content (AvgIpc) is 2.67. The van der Waals surface area contributed by atoms with Gasteiger partial charge in [0.2, 0.25) is 0 Å². The molecule has 1 aromatic heterocycles. The van der Waals surface area contributed by atoms with E-state index in [1.807, 2.05) is 7.05 Å². The molecule has 1 N–H and O–H groups in total. The molecule has 0 radical (unpaired) electrons. The molecule has 3 nitrogen and oxygen atoms in total. The standard InChI is InChI=1S/C11H10Cl2N2O/c1-15-5-4-14-11(15)10(16)7-2-3-8(12)9(13)6-7/h2-6,10,16H,1H3. The summed E-state index contributed by atoms with van der Waals surface area (Å²) in [5.74, 6) is 0.568. The van der Waals surface area contributed by atoms with Gasteiger partial charge in [-0.2, -0.15) is 0 Å².